The van der Waals surface area contributed by atoms with Gasteiger partial charge in [-0.05, 0) is 36.6 Å². The van der Waals surface area contributed by atoms with Gasteiger partial charge in [-0.15, -0.1) is 0 Å². The van der Waals surface area contributed by atoms with Crippen LogP contribution in [0.3, 0.4) is 0 Å². The molecule has 0 fully saturated rings. The summed E-state index contributed by atoms with van der Waals surface area (Å²) in [5, 5.41) is 8.75. The van der Waals surface area contributed by atoms with Crippen LogP contribution < -0.4 is 10.6 Å². The summed E-state index contributed by atoms with van der Waals surface area (Å²) in [4.78, 5) is 12.7. The number of nitrogens with two attached hydrogens (primary N) is 1. The van der Waals surface area contributed by atoms with E-state index in [9.17, 15) is 4.79 Å². The van der Waals surface area contributed by atoms with Crippen molar-refractivity contribution in [2.75, 3.05) is 25.5 Å². The van der Waals surface area contributed by atoms with Crippen LogP contribution in [-0.2, 0) is 11.2 Å². The molecule has 1 aromatic carbocycles. The van der Waals surface area contributed by atoms with Crippen molar-refractivity contribution in [2.24, 2.45) is 11.7 Å². The second-order valence-corrected chi connectivity index (χ2v) is 4.46. The predicted octanol–water partition coefficient (Wildman–Crippen LogP) is 1.34. The Morgan fingerprint density at radius 2 is 1.94 bits per heavy atom. The summed E-state index contributed by atoms with van der Waals surface area (Å²) in [5.41, 5.74) is 7.84. The van der Waals surface area contributed by atoms with Gasteiger partial charge in [-0.1, -0.05) is 12.1 Å². The maximum atomic E-state index is 10.6. The van der Waals surface area contributed by atoms with Crippen LogP contribution in [0.25, 0.3) is 0 Å². The molecule has 0 amide bonds. The van der Waals surface area contributed by atoms with Gasteiger partial charge in [0.25, 0.3) is 0 Å². The Morgan fingerprint density at radius 3 is 2.35 bits per heavy atom. The van der Waals surface area contributed by atoms with E-state index in [4.69, 9.17) is 10.8 Å². The quantitative estimate of drug-likeness (QED) is 0.782. The SMILES string of the molecule is CN(C)c1ccc(CC(CN)CC(=O)O)cc1. The molecule has 0 aliphatic heterocycles. The number of aliphatic carboxylic acids is 1. The van der Waals surface area contributed by atoms with Crippen molar-refractivity contribution in [3.8, 4) is 0 Å². The summed E-state index contributed by atoms with van der Waals surface area (Å²) >= 11 is 0. The summed E-state index contributed by atoms with van der Waals surface area (Å²) < 4.78 is 0. The third-order valence-corrected chi connectivity index (χ3v) is 2.77. The van der Waals surface area contributed by atoms with Gasteiger partial charge in [-0.3, -0.25) is 4.79 Å². The Kier molecular flexibility index (Phi) is 4.97. The molecule has 4 heteroatoms. The zero-order valence-corrected chi connectivity index (χ0v) is 10.4. The molecule has 1 aromatic rings. The van der Waals surface area contributed by atoms with Gasteiger partial charge in [0, 0.05) is 26.2 Å². The molecule has 0 bridgehead atoms. The molecule has 0 aliphatic carbocycles. The molecule has 94 valence electrons. The molecule has 0 spiro atoms. The normalized spacial score (nSPS) is 12.2. The molecular weight excluding hydrogens is 216 g/mol. The van der Waals surface area contributed by atoms with Crippen LogP contribution in [0.15, 0.2) is 24.3 Å². The van der Waals surface area contributed by atoms with Gasteiger partial charge >= 0.3 is 5.97 Å². The monoisotopic (exact) mass is 236 g/mol. The van der Waals surface area contributed by atoms with E-state index in [2.05, 4.69) is 0 Å². The first-order chi connectivity index (χ1) is 8.02. The minimum Gasteiger partial charge on any atom is -0.481 e. The van der Waals surface area contributed by atoms with Gasteiger partial charge in [0.15, 0.2) is 0 Å². The number of carboxylic acid groups (broad SMARTS) is 1. The first-order valence-corrected chi connectivity index (χ1v) is 5.71. The Hall–Kier alpha value is -1.55. The van der Waals surface area contributed by atoms with Crippen molar-refractivity contribution < 1.29 is 9.90 Å². The largest absolute Gasteiger partial charge is 0.481 e. The predicted molar refractivity (Wildman–Crippen MR) is 69.3 cm³/mol. The second kappa shape index (κ2) is 6.25. The van der Waals surface area contributed by atoms with E-state index >= 15 is 0 Å². The van der Waals surface area contributed by atoms with Crippen molar-refractivity contribution in [3.63, 3.8) is 0 Å². The molecule has 0 saturated carbocycles. The molecule has 0 radical (unpaired) electrons. The minimum absolute atomic E-state index is 0.0118. The molecule has 0 saturated heterocycles. The second-order valence-electron chi connectivity index (χ2n) is 4.46. The van der Waals surface area contributed by atoms with E-state index in [0.717, 1.165) is 17.7 Å². The summed E-state index contributed by atoms with van der Waals surface area (Å²) in [6.07, 6.45) is 0.850. The van der Waals surface area contributed by atoms with Crippen LogP contribution in [0, 0.1) is 5.92 Å². The van der Waals surface area contributed by atoms with Crippen molar-refractivity contribution >= 4 is 11.7 Å². The lowest BCUT2D eigenvalue weighted by Gasteiger charge is -2.15. The van der Waals surface area contributed by atoms with Crippen LogP contribution in [0.2, 0.25) is 0 Å². The van der Waals surface area contributed by atoms with Crippen molar-refractivity contribution in [1.82, 2.24) is 0 Å². The van der Waals surface area contributed by atoms with E-state index in [0.29, 0.717) is 6.54 Å². The molecule has 1 rings (SSSR count). The fraction of sp³-hybridized carbons (Fsp3) is 0.462. The first-order valence-electron chi connectivity index (χ1n) is 5.71. The van der Waals surface area contributed by atoms with E-state index < -0.39 is 5.97 Å². The molecule has 0 heterocycles. The van der Waals surface area contributed by atoms with Crippen LogP contribution in [-0.4, -0.2) is 31.7 Å². The molecule has 4 nitrogen and oxygen atoms in total. The van der Waals surface area contributed by atoms with Crippen LogP contribution in [0.4, 0.5) is 5.69 Å². The number of carbonyl (C=O) groups is 1. The van der Waals surface area contributed by atoms with E-state index in [-0.39, 0.29) is 12.3 Å². The summed E-state index contributed by atoms with van der Waals surface area (Å²) in [5.74, 6) is -0.775. The van der Waals surface area contributed by atoms with Crippen LogP contribution in [0.1, 0.15) is 12.0 Å². The van der Waals surface area contributed by atoms with E-state index in [1.165, 1.54) is 0 Å². The van der Waals surface area contributed by atoms with E-state index in [1.807, 2.05) is 43.3 Å². The zero-order chi connectivity index (χ0) is 12.8. The molecular formula is C13H20N2O2. The zero-order valence-electron chi connectivity index (χ0n) is 10.4. The van der Waals surface area contributed by atoms with Gasteiger partial charge < -0.3 is 15.7 Å². The lowest BCUT2D eigenvalue weighted by molar-refractivity contribution is -0.138. The first kappa shape index (κ1) is 13.5. The number of benzene rings is 1. The average molecular weight is 236 g/mol. The number of rotatable bonds is 6. The lowest BCUT2D eigenvalue weighted by Crippen LogP contribution is -2.20. The standard InChI is InChI=1S/C13H20N2O2/c1-15(2)12-5-3-10(4-6-12)7-11(9-14)8-13(16)17/h3-6,11H,7-9,14H2,1-2H3,(H,16,17). The number of carboxylic acids is 1. The van der Waals surface area contributed by atoms with Gasteiger partial charge in [0.05, 0.1) is 0 Å². The number of nitrogens with zero attached hydrogens (tertiary/aromatic N) is 1. The van der Waals surface area contributed by atoms with Crippen LogP contribution in [0.5, 0.6) is 0 Å². The third-order valence-electron chi connectivity index (χ3n) is 2.77. The van der Waals surface area contributed by atoms with Crippen molar-refractivity contribution in [2.45, 2.75) is 12.8 Å². The van der Waals surface area contributed by atoms with Gasteiger partial charge in [-0.2, -0.15) is 0 Å². The molecule has 3 N–H and O–H groups in total. The van der Waals surface area contributed by atoms with Gasteiger partial charge in [0.1, 0.15) is 0 Å². The smallest absolute Gasteiger partial charge is 0.303 e. The Balaban J connectivity index is 2.64. The molecule has 1 unspecified atom stereocenters. The summed E-state index contributed by atoms with van der Waals surface area (Å²) in [6, 6.07) is 8.12. The number of hydrogen-bond donors (Lipinski definition) is 2. The topological polar surface area (TPSA) is 66.6 Å². The highest BCUT2D eigenvalue weighted by Crippen LogP contribution is 2.16. The number of hydrogen-bond acceptors (Lipinski definition) is 3. The fourth-order valence-corrected chi connectivity index (χ4v) is 1.75. The molecule has 0 aliphatic rings. The van der Waals surface area contributed by atoms with Crippen LogP contribution >= 0.6 is 0 Å². The summed E-state index contributed by atoms with van der Waals surface area (Å²) in [6.45, 7) is 0.404. The molecule has 0 aromatic heterocycles. The Bertz CT molecular complexity index is 360. The highest BCUT2D eigenvalue weighted by Gasteiger charge is 2.12. The highest BCUT2D eigenvalue weighted by atomic mass is 16.4. The van der Waals surface area contributed by atoms with Crippen molar-refractivity contribution in [1.29, 1.82) is 0 Å². The average Bonchev–Trinajstić information content (AvgIpc) is 2.28. The minimum atomic E-state index is -0.787. The fourth-order valence-electron chi connectivity index (χ4n) is 1.75. The van der Waals surface area contributed by atoms with E-state index in [1.54, 1.807) is 0 Å². The van der Waals surface area contributed by atoms with Gasteiger partial charge in [0.2, 0.25) is 0 Å². The summed E-state index contributed by atoms with van der Waals surface area (Å²) in [7, 11) is 3.98. The lowest BCUT2D eigenvalue weighted by atomic mass is 9.96. The highest BCUT2D eigenvalue weighted by molar-refractivity contribution is 5.67. The van der Waals surface area contributed by atoms with Crippen molar-refractivity contribution in [3.05, 3.63) is 29.8 Å². The maximum Gasteiger partial charge on any atom is 0.303 e. The third kappa shape index (κ3) is 4.44. The molecule has 1 atom stereocenters. The molecule has 17 heavy (non-hydrogen) atoms. The van der Waals surface area contributed by atoms with Gasteiger partial charge in [-0.25, -0.2) is 0 Å². The Morgan fingerprint density at radius 1 is 1.35 bits per heavy atom. The maximum absolute atomic E-state index is 10.6. The number of anilines is 1. The Labute approximate surface area is 102 Å².